The van der Waals surface area contributed by atoms with Gasteiger partial charge in [0.05, 0.1) is 0 Å². The van der Waals surface area contributed by atoms with Crippen molar-refractivity contribution in [2.45, 2.75) is 19.9 Å². The van der Waals surface area contributed by atoms with Crippen LogP contribution in [0.15, 0.2) is 24.5 Å². The largest absolute Gasteiger partial charge is 0.335 e. The van der Waals surface area contributed by atoms with Gasteiger partial charge in [-0.25, -0.2) is 4.79 Å². The normalized spacial score (nSPS) is 10.1. The zero-order valence-corrected chi connectivity index (χ0v) is 6.74. The molecule has 60 valence electrons. The Morgan fingerprint density at radius 2 is 1.91 bits per heavy atom. The molecule has 0 atom stereocenters. The fraction of sp³-hybridized carbons (Fsp3) is 0.375. The minimum Gasteiger partial charge on any atom is -0.335 e. The molecule has 0 aliphatic rings. The molecular weight excluding hydrogens is 140 g/mol. The lowest BCUT2D eigenvalue weighted by atomic mass is 10.4. The SMILES string of the molecule is CC(C)NC(=O)n1cccc1. The van der Waals surface area contributed by atoms with E-state index in [-0.39, 0.29) is 12.1 Å². The molecule has 11 heavy (non-hydrogen) atoms. The van der Waals surface area contributed by atoms with Crippen molar-refractivity contribution in [2.24, 2.45) is 0 Å². The Hall–Kier alpha value is -1.25. The zero-order valence-electron chi connectivity index (χ0n) is 6.74. The van der Waals surface area contributed by atoms with Gasteiger partial charge in [0.25, 0.3) is 0 Å². The van der Waals surface area contributed by atoms with E-state index in [2.05, 4.69) is 5.32 Å². The molecule has 0 fully saturated rings. The molecule has 0 unspecified atom stereocenters. The number of amides is 1. The van der Waals surface area contributed by atoms with Crippen LogP contribution >= 0.6 is 0 Å². The first-order valence-electron chi connectivity index (χ1n) is 3.64. The molecule has 1 aromatic rings. The number of rotatable bonds is 1. The lowest BCUT2D eigenvalue weighted by Crippen LogP contribution is -2.33. The van der Waals surface area contributed by atoms with Gasteiger partial charge in [0, 0.05) is 18.4 Å². The van der Waals surface area contributed by atoms with Crippen molar-refractivity contribution in [2.75, 3.05) is 0 Å². The second-order valence-corrected chi connectivity index (χ2v) is 2.69. The summed E-state index contributed by atoms with van der Waals surface area (Å²) in [7, 11) is 0. The molecule has 0 aliphatic heterocycles. The first-order valence-corrected chi connectivity index (χ1v) is 3.64. The van der Waals surface area contributed by atoms with Crippen LogP contribution < -0.4 is 5.32 Å². The standard InChI is InChI=1S/C8H12N2O/c1-7(2)9-8(11)10-5-3-4-6-10/h3-7H,1-2H3,(H,9,11). The van der Waals surface area contributed by atoms with Crippen LogP contribution in [0.25, 0.3) is 0 Å². The number of carbonyl (C=O) groups excluding carboxylic acids is 1. The third-order valence-electron chi connectivity index (χ3n) is 1.25. The molecule has 1 heterocycles. The Kier molecular flexibility index (Phi) is 2.31. The number of nitrogens with one attached hydrogen (secondary N) is 1. The predicted octanol–water partition coefficient (Wildman–Crippen LogP) is 1.45. The van der Waals surface area contributed by atoms with Crippen LogP contribution in [-0.4, -0.2) is 16.6 Å². The molecule has 0 saturated carbocycles. The van der Waals surface area contributed by atoms with Crippen LogP contribution in [0.2, 0.25) is 0 Å². The Labute approximate surface area is 66.0 Å². The van der Waals surface area contributed by atoms with Crippen molar-refractivity contribution >= 4 is 6.03 Å². The summed E-state index contributed by atoms with van der Waals surface area (Å²) in [5.41, 5.74) is 0. The van der Waals surface area contributed by atoms with E-state index >= 15 is 0 Å². The van der Waals surface area contributed by atoms with Crippen LogP contribution in [-0.2, 0) is 0 Å². The quantitative estimate of drug-likeness (QED) is 0.649. The predicted molar refractivity (Wildman–Crippen MR) is 43.5 cm³/mol. The number of aromatic nitrogens is 1. The van der Waals surface area contributed by atoms with Crippen LogP contribution in [0.3, 0.4) is 0 Å². The monoisotopic (exact) mass is 152 g/mol. The van der Waals surface area contributed by atoms with Crippen molar-refractivity contribution in [3.63, 3.8) is 0 Å². The van der Waals surface area contributed by atoms with E-state index in [9.17, 15) is 4.79 Å². The average Bonchev–Trinajstić information content (AvgIpc) is 2.35. The molecule has 0 radical (unpaired) electrons. The zero-order chi connectivity index (χ0) is 8.27. The highest BCUT2D eigenvalue weighted by atomic mass is 16.2. The van der Waals surface area contributed by atoms with E-state index in [1.54, 1.807) is 12.4 Å². The molecule has 3 nitrogen and oxygen atoms in total. The van der Waals surface area contributed by atoms with Gasteiger partial charge in [-0.2, -0.15) is 0 Å². The van der Waals surface area contributed by atoms with Crippen molar-refractivity contribution in [1.29, 1.82) is 0 Å². The lowest BCUT2D eigenvalue weighted by molar-refractivity contribution is 0.240. The van der Waals surface area contributed by atoms with E-state index in [0.29, 0.717) is 0 Å². The van der Waals surface area contributed by atoms with E-state index in [1.807, 2.05) is 26.0 Å². The summed E-state index contributed by atoms with van der Waals surface area (Å²) in [6.45, 7) is 3.86. The summed E-state index contributed by atoms with van der Waals surface area (Å²) in [4.78, 5) is 11.2. The first kappa shape index (κ1) is 7.85. The highest BCUT2D eigenvalue weighted by Crippen LogP contribution is 1.89. The first-order chi connectivity index (χ1) is 5.20. The van der Waals surface area contributed by atoms with Crippen molar-refractivity contribution in [3.05, 3.63) is 24.5 Å². The minimum atomic E-state index is -0.0787. The van der Waals surface area contributed by atoms with Gasteiger partial charge < -0.3 is 5.32 Å². The second kappa shape index (κ2) is 3.23. The van der Waals surface area contributed by atoms with E-state index in [4.69, 9.17) is 0 Å². The molecule has 1 rings (SSSR count). The van der Waals surface area contributed by atoms with Gasteiger partial charge in [-0.1, -0.05) is 0 Å². The molecule has 0 aliphatic carbocycles. The molecule has 0 bridgehead atoms. The van der Waals surface area contributed by atoms with Gasteiger partial charge in [0.1, 0.15) is 0 Å². The Balaban J connectivity index is 2.57. The fourth-order valence-corrected chi connectivity index (χ4v) is 0.791. The van der Waals surface area contributed by atoms with Crippen LogP contribution in [0.1, 0.15) is 13.8 Å². The third kappa shape index (κ3) is 2.11. The van der Waals surface area contributed by atoms with Gasteiger partial charge in [0.15, 0.2) is 0 Å². The fourth-order valence-electron chi connectivity index (χ4n) is 0.791. The van der Waals surface area contributed by atoms with Gasteiger partial charge in [-0.3, -0.25) is 4.57 Å². The maximum atomic E-state index is 11.2. The molecule has 3 heteroatoms. The highest BCUT2D eigenvalue weighted by molar-refractivity contribution is 5.76. The van der Waals surface area contributed by atoms with E-state index < -0.39 is 0 Å². The summed E-state index contributed by atoms with van der Waals surface area (Å²) in [5, 5.41) is 2.77. The van der Waals surface area contributed by atoms with Crippen molar-refractivity contribution < 1.29 is 4.79 Å². The molecular formula is C8H12N2O. The van der Waals surface area contributed by atoms with Crippen LogP contribution in [0.5, 0.6) is 0 Å². The van der Waals surface area contributed by atoms with Gasteiger partial charge in [-0.15, -0.1) is 0 Å². The Morgan fingerprint density at radius 1 is 1.36 bits per heavy atom. The minimum absolute atomic E-state index is 0.0787. The Morgan fingerprint density at radius 3 is 2.36 bits per heavy atom. The molecule has 1 aromatic heterocycles. The van der Waals surface area contributed by atoms with Crippen LogP contribution in [0, 0.1) is 0 Å². The van der Waals surface area contributed by atoms with Crippen LogP contribution in [0.4, 0.5) is 4.79 Å². The van der Waals surface area contributed by atoms with E-state index in [0.717, 1.165) is 0 Å². The topological polar surface area (TPSA) is 34.0 Å². The number of carbonyl (C=O) groups is 1. The second-order valence-electron chi connectivity index (χ2n) is 2.69. The maximum absolute atomic E-state index is 11.2. The van der Waals surface area contributed by atoms with Gasteiger partial charge >= 0.3 is 6.03 Å². The lowest BCUT2D eigenvalue weighted by Gasteiger charge is -2.07. The molecule has 1 amide bonds. The molecule has 0 spiro atoms. The maximum Gasteiger partial charge on any atom is 0.325 e. The van der Waals surface area contributed by atoms with E-state index in [1.165, 1.54) is 4.57 Å². The summed E-state index contributed by atoms with van der Waals surface area (Å²) < 4.78 is 1.51. The van der Waals surface area contributed by atoms with Crippen molar-refractivity contribution in [1.82, 2.24) is 9.88 Å². The number of nitrogens with zero attached hydrogens (tertiary/aromatic N) is 1. The smallest absolute Gasteiger partial charge is 0.325 e. The summed E-state index contributed by atoms with van der Waals surface area (Å²) in [5.74, 6) is 0. The third-order valence-corrected chi connectivity index (χ3v) is 1.25. The molecule has 0 aromatic carbocycles. The number of hydrogen-bond donors (Lipinski definition) is 1. The van der Waals surface area contributed by atoms with Crippen molar-refractivity contribution in [3.8, 4) is 0 Å². The van der Waals surface area contributed by atoms with Gasteiger partial charge in [-0.05, 0) is 26.0 Å². The summed E-state index contributed by atoms with van der Waals surface area (Å²) >= 11 is 0. The molecule has 1 N–H and O–H groups in total. The Bertz CT molecular complexity index is 226. The number of hydrogen-bond acceptors (Lipinski definition) is 1. The average molecular weight is 152 g/mol. The highest BCUT2D eigenvalue weighted by Gasteiger charge is 2.02. The summed E-state index contributed by atoms with van der Waals surface area (Å²) in [6.07, 6.45) is 3.44. The summed E-state index contributed by atoms with van der Waals surface area (Å²) in [6, 6.07) is 3.75. The van der Waals surface area contributed by atoms with Gasteiger partial charge in [0.2, 0.25) is 0 Å². The molecule has 0 saturated heterocycles.